The molecular formula is C19H20N2O2S. The number of hydrogen-bond donors (Lipinski definition) is 0. The summed E-state index contributed by atoms with van der Waals surface area (Å²) in [5, 5.41) is 4.01. The molecule has 1 fully saturated rings. The number of rotatable bonds is 3. The number of benzene rings is 1. The smallest absolute Gasteiger partial charge is 0.231 e. The first-order chi connectivity index (χ1) is 11.7. The molecule has 2 aromatic rings. The van der Waals surface area contributed by atoms with Crippen LogP contribution in [0.4, 0.5) is 11.4 Å². The van der Waals surface area contributed by atoms with Crippen LogP contribution in [0.1, 0.15) is 24.8 Å². The second kappa shape index (κ2) is 6.40. The minimum absolute atomic E-state index is 0.0987. The SMILES string of the molecule is O=C(Cc1ccsc1)N1CCCN(C(=O)C2CC2)c2ccccc21. The molecule has 0 unspecified atom stereocenters. The third-order valence-corrected chi connectivity index (χ3v) is 5.39. The third kappa shape index (κ3) is 2.96. The van der Waals surface area contributed by atoms with Gasteiger partial charge in [0, 0.05) is 19.0 Å². The van der Waals surface area contributed by atoms with E-state index in [0.717, 1.165) is 36.2 Å². The molecule has 1 aliphatic heterocycles. The van der Waals surface area contributed by atoms with Crippen LogP contribution in [0.2, 0.25) is 0 Å². The van der Waals surface area contributed by atoms with Crippen molar-refractivity contribution in [2.45, 2.75) is 25.7 Å². The van der Waals surface area contributed by atoms with E-state index in [2.05, 4.69) is 0 Å². The molecule has 0 N–H and O–H groups in total. The number of anilines is 2. The van der Waals surface area contributed by atoms with Crippen molar-refractivity contribution in [2.24, 2.45) is 5.92 Å². The van der Waals surface area contributed by atoms with E-state index in [9.17, 15) is 9.59 Å². The predicted octanol–water partition coefficient (Wildman–Crippen LogP) is 3.47. The Hall–Kier alpha value is -2.14. The molecule has 0 saturated heterocycles. The van der Waals surface area contributed by atoms with Crippen LogP contribution >= 0.6 is 11.3 Å². The van der Waals surface area contributed by atoms with Crippen LogP contribution in [0.5, 0.6) is 0 Å². The molecule has 1 aliphatic carbocycles. The topological polar surface area (TPSA) is 40.6 Å². The summed E-state index contributed by atoms with van der Waals surface area (Å²) < 4.78 is 0. The predicted molar refractivity (Wildman–Crippen MR) is 96.5 cm³/mol. The number of para-hydroxylation sites is 2. The van der Waals surface area contributed by atoms with Gasteiger partial charge in [-0.25, -0.2) is 0 Å². The van der Waals surface area contributed by atoms with Gasteiger partial charge in [-0.1, -0.05) is 12.1 Å². The first-order valence-electron chi connectivity index (χ1n) is 8.46. The van der Waals surface area contributed by atoms with Crippen molar-refractivity contribution in [1.82, 2.24) is 0 Å². The van der Waals surface area contributed by atoms with Crippen LogP contribution in [0.25, 0.3) is 0 Å². The molecule has 4 nitrogen and oxygen atoms in total. The third-order valence-electron chi connectivity index (χ3n) is 4.66. The van der Waals surface area contributed by atoms with Gasteiger partial charge in [0.1, 0.15) is 0 Å². The highest BCUT2D eigenvalue weighted by Crippen LogP contribution is 2.38. The lowest BCUT2D eigenvalue weighted by Crippen LogP contribution is -2.32. The van der Waals surface area contributed by atoms with Gasteiger partial charge in [0.15, 0.2) is 0 Å². The average molecular weight is 340 g/mol. The van der Waals surface area contributed by atoms with Gasteiger partial charge in [-0.3, -0.25) is 9.59 Å². The molecule has 24 heavy (non-hydrogen) atoms. The lowest BCUT2D eigenvalue weighted by molar-refractivity contribution is -0.120. The van der Waals surface area contributed by atoms with E-state index >= 15 is 0 Å². The second-order valence-electron chi connectivity index (χ2n) is 6.46. The molecule has 2 heterocycles. The lowest BCUT2D eigenvalue weighted by atomic mass is 10.2. The average Bonchev–Trinajstić information content (AvgIpc) is 3.36. The van der Waals surface area contributed by atoms with E-state index < -0.39 is 0 Å². The second-order valence-corrected chi connectivity index (χ2v) is 7.24. The monoisotopic (exact) mass is 340 g/mol. The molecule has 1 saturated carbocycles. The Balaban J connectivity index is 1.64. The molecule has 4 rings (SSSR count). The highest BCUT2D eigenvalue weighted by molar-refractivity contribution is 7.08. The number of nitrogens with zero attached hydrogens (tertiary/aromatic N) is 2. The van der Waals surface area contributed by atoms with Gasteiger partial charge >= 0.3 is 0 Å². The maximum Gasteiger partial charge on any atom is 0.231 e. The fourth-order valence-electron chi connectivity index (χ4n) is 3.25. The normalized spacial score (nSPS) is 17.3. The Bertz CT molecular complexity index is 752. The summed E-state index contributed by atoms with van der Waals surface area (Å²) in [6.07, 6.45) is 3.22. The zero-order valence-electron chi connectivity index (χ0n) is 13.5. The zero-order chi connectivity index (χ0) is 16.5. The van der Waals surface area contributed by atoms with Crippen molar-refractivity contribution in [3.05, 3.63) is 46.7 Å². The standard InChI is InChI=1S/C19H20N2O2S/c22-18(12-14-8-11-24-13-14)20-9-3-10-21(19(23)15-6-7-15)17-5-2-1-4-16(17)20/h1-2,4-5,8,11,13,15H,3,6-7,9-10,12H2. The Morgan fingerprint density at radius 2 is 1.75 bits per heavy atom. The summed E-state index contributed by atoms with van der Waals surface area (Å²) >= 11 is 1.61. The van der Waals surface area contributed by atoms with Crippen molar-refractivity contribution in [3.8, 4) is 0 Å². The van der Waals surface area contributed by atoms with E-state index in [4.69, 9.17) is 0 Å². The highest BCUT2D eigenvalue weighted by atomic mass is 32.1. The maximum absolute atomic E-state index is 12.8. The first kappa shape index (κ1) is 15.4. The molecule has 124 valence electrons. The quantitative estimate of drug-likeness (QED) is 0.858. The number of fused-ring (bicyclic) bond motifs is 1. The molecule has 2 amide bonds. The van der Waals surface area contributed by atoms with E-state index in [1.54, 1.807) is 11.3 Å². The molecule has 0 atom stereocenters. The summed E-state index contributed by atoms with van der Waals surface area (Å²) in [7, 11) is 0. The van der Waals surface area contributed by atoms with Crippen LogP contribution in [-0.2, 0) is 16.0 Å². The molecular weight excluding hydrogens is 320 g/mol. The molecule has 0 bridgehead atoms. The van der Waals surface area contributed by atoms with Crippen molar-refractivity contribution < 1.29 is 9.59 Å². The summed E-state index contributed by atoms with van der Waals surface area (Å²) in [6, 6.07) is 9.80. The fourth-order valence-corrected chi connectivity index (χ4v) is 3.92. The van der Waals surface area contributed by atoms with Crippen LogP contribution < -0.4 is 9.80 Å². The Morgan fingerprint density at radius 1 is 1.04 bits per heavy atom. The lowest BCUT2D eigenvalue weighted by Gasteiger charge is -2.25. The fraction of sp³-hybridized carbons (Fsp3) is 0.368. The van der Waals surface area contributed by atoms with Gasteiger partial charge in [-0.2, -0.15) is 11.3 Å². The van der Waals surface area contributed by atoms with E-state index in [1.807, 2.05) is 50.9 Å². The van der Waals surface area contributed by atoms with E-state index in [-0.39, 0.29) is 17.7 Å². The summed E-state index contributed by atoms with van der Waals surface area (Å²) in [4.78, 5) is 29.2. The van der Waals surface area contributed by atoms with Gasteiger partial charge in [-0.15, -0.1) is 0 Å². The Morgan fingerprint density at radius 3 is 2.42 bits per heavy atom. The number of carbonyl (C=O) groups is 2. The minimum atomic E-state index is 0.0987. The van der Waals surface area contributed by atoms with Crippen LogP contribution in [-0.4, -0.2) is 24.9 Å². The van der Waals surface area contributed by atoms with E-state index in [0.29, 0.717) is 19.5 Å². The van der Waals surface area contributed by atoms with Crippen molar-refractivity contribution in [2.75, 3.05) is 22.9 Å². The van der Waals surface area contributed by atoms with Gasteiger partial charge in [0.05, 0.1) is 17.8 Å². The number of hydrogen-bond acceptors (Lipinski definition) is 3. The summed E-state index contributed by atoms with van der Waals surface area (Å²) in [5.41, 5.74) is 2.80. The largest absolute Gasteiger partial charge is 0.310 e. The van der Waals surface area contributed by atoms with Crippen molar-refractivity contribution in [1.29, 1.82) is 0 Å². The zero-order valence-corrected chi connectivity index (χ0v) is 14.3. The van der Waals surface area contributed by atoms with Crippen LogP contribution in [0, 0.1) is 5.92 Å². The molecule has 5 heteroatoms. The Labute approximate surface area is 145 Å². The molecule has 0 radical (unpaired) electrons. The molecule has 0 spiro atoms. The first-order valence-corrected chi connectivity index (χ1v) is 9.40. The number of thiophene rings is 1. The maximum atomic E-state index is 12.8. The van der Waals surface area contributed by atoms with Crippen molar-refractivity contribution in [3.63, 3.8) is 0 Å². The minimum Gasteiger partial charge on any atom is -0.310 e. The highest BCUT2D eigenvalue weighted by Gasteiger charge is 2.36. The molecule has 1 aromatic carbocycles. The van der Waals surface area contributed by atoms with Crippen molar-refractivity contribution >= 4 is 34.5 Å². The van der Waals surface area contributed by atoms with Gasteiger partial charge in [0.25, 0.3) is 0 Å². The van der Waals surface area contributed by atoms with Gasteiger partial charge in [-0.05, 0) is 53.8 Å². The van der Waals surface area contributed by atoms with Gasteiger partial charge < -0.3 is 9.80 Å². The number of amides is 2. The van der Waals surface area contributed by atoms with Gasteiger partial charge in [0.2, 0.25) is 11.8 Å². The van der Waals surface area contributed by atoms with Crippen LogP contribution in [0.15, 0.2) is 41.1 Å². The van der Waals surface area contributed by atoms with E-state index in [1.165, 1.54) is 0 Å². The summed E-state index contributed by atoms with van der Waals surface area (Å²) in [6.45, 7) is 1.35. The molecule has 2 aliphatic rings. The Kier molecular flexibility index (Phi) is 4.10. The molecule has 1 aromatic heterocycles. The van der Waals surface area contributed by atoms with Crippen LogP contribution in [0.3, 0.4) is 0 Å². The number of carbonyl (C=O) groups excluding carboxylic acids is 2. The summed E-state index contributed by atoms with van der Waals surface area (Å²) in [5.74, 6) is 0.502.